The van der Waals surface area contributed by atoms with Crippen molar-refractivity contribution in [1.29, 1.82) is 0 Å². The monoisotopic (exact) mass is 293 g/mol. The molecule has 1 aliphatic rings. The Hall–Kier alpha value is -2.64. The van der Waals surface area contributed by atoms with Crippen LogP contribution in [-0.4, -0.2) is 59.2 Å². The van der Waals surface area contributed by atoms with Gasteiger partial charge in [-0.15, -0.1) is 0 Å². The number of ether oxygens (including phenoxy) is 1. The van der Waals surface area contributed by atoms with Crippen molar-refractivity contribution in [3.05, 3.63) is 29.6 Å². The normalized spacial score (nSPS) is 17.4. The third-order valence-corrected chi connectivity index (χ3v) is 3.21. The number of nitrogens with one attached hydrogen (secondary N) is 1. The first kappa shape index (κ1) is 14.8. The van der Waals surface area contributed by atoms with E-state index in [0.717, 1.165) is 0 Å². The quantitative estimate of drug-likeness (QED) is 0.832. The van der Waals surface area contributed by atoms with Crippen molar-refractivity contribution in [2.45, 2.75) is 12.5 Å². The minimum absolute atomic E-state index is 0.113. The van der Waals surface area contributed by atoms with Gasteiger partial charge in [0.25, 0.3) is 5.91 Å². The maximum atomic E-state index is 12.2. The molecular weight excluding hydrogens is 278 g/mol. The summed E-state index contributed by atoms with van der Waals surface area (Å²) in [4.78, 5) is 39.3. The van der Waals surface area contributed by atoms with E-state index in [4.69, 9.17) is 5.11 Å². The van der Waals surface area contributed by atoms with Gasteiger partial charge >= 0.3 is 12.1 Å². The SMILES string of the molecule is COC(=O)NC1CCN(C(=O)c2ccc(C(=O)O)nc2)C1. The van der Waals surface area contributed by atoms with Crippen LogP contribution in [0, 0.1) is 0 Å². The van der Waals surface area contributed by atoms with Crippen LogP contribution in [0.5, 0.6) is 0 Å². The van der Waals surface area contributed by atoms with Crippen LogP contribution in [0.4, 0.5) is 4.79 Å². The van der Waals surface area contributed by atoms with Crippen molar-refractivity contribution in [3.8, 4) is 0 Å². The Morgan fingerprint density at radius 1 is 1.43 bits per heavy atom. The van der Waals surface area contributed by atoms with Crippen molar-refractivity contribution in [1.82, 2.24) is 15.2 Å². The van der Waals surface area contributed by atoms with Gasteiger partial charge in [-0.1, -0.05) is 0 Å². The lowest BCUT2D eigenvalue weighted by Gasteiger charge is -2.16. The first-order chi connectivity index (χ1) is 10.0. The zero-order valence-electron chi connectivity index (χ0n) is 11.4. The molecule has 0 radical (unpaired) electrons. The minimum Gasteiger partial charge on any atom is -0.477 e. The van der Waals surface area contributed by atoms with Crippen LogP contribution >= 0.6 is 0 Å². The number of carboxylic acid groups (broad SMARTS) is 1. The Morgan fingerprint density at radius 3 is 2.76 bits per heavy atom. The van der Waals surface area contributed by atoms with Gasteiger partial charge in [-0.25, -0.2) is 14.6 Å². The van der Waals surface area contributed by atoms with Gasteiger partial charge in [0, 0.05) is 19.3 Å². The van der Waals surface area contributed by atoms with Crippen LogP contribution in [0.1, 0.15) is 27.3 Å². The number of carbonyl (C=O) groups excluding carboxylic acids is 2. The average molecular weight is 293 g/mol. The molecule has 8 heteroatoms. The molecule has 2 rings (SSSR count). The van der Waals surface area contributed by atoms with Crippen LogP contribution in [0.25, 0.3) is 0 Å². The van der Waals surface area contributed by atoms with Gasteiger partial charge in [-0.3, -0.25) is 4.79 Å². The Kier molecular flexibility index (Phi) is 4.36. The standard InChI is InChI=1S/C13H15N3O5/c1-21-13(20)15-9-4-5-16(7-9)11(17)8-2-3-10(12(18)19)14-6-8/h2-3,6,9H,4-5,7H2,1H3,(H,15,20)(H,18,19). The van der Waals surface area contributed by atoms with Crippen LogP contribution in [-0.2, 0) is 4.74 Å². The average Bonchev–Trinajstić information content (AvgIpc) is 2.94. The summed E-state index contributed by atoms with van der Waals surface area (Å²) in [5.74, 6) is -1.38. The van der Waals surface area contributed by atoms with Crippen molar-refractivity contribution in [3.63, 3.8) is 0 Å². The van der Waals surface area contributed by atoms with Gasteiger partial charge in [0.15, 0.2) is 0 Å². The van der Waals surface area contributed by atoms with E-state index in [1.165, 1.54) is 25.4 Å². The molecule has 2 amide bonds. The topological polar surface area (TPSA) is 109 Å². The summed E-state index contributed by atoms with van der Waals surface area (Å²) < 4.78 is 4.51. The second kappa shape index (κ2) is 6.21. The van der Waals surface area contributed by atoms with Crippen LogP contribution < -0.4 is 5.32 Å². The summed E-state index contributed by atoms with van der Waals surface area (Å²) in [6, 6.07) is 2.57. The van der Waals surface area contributed by atoms with Gasteiger partial charge in [-0.05, 0) is 18.6 Å². The molecule has 0 saturated carbocycles. The Balaban J connectivity index is 1.98. The lowest BCUT2D eigenvalue weighted by atomic mass is 10.2. The number of alkyl carbamates (subject to hydrolysis) is 1. The highest BCUT2D eigenvalue weighted by molar-refractivity contribution is 5.95. The number of likely N-dealkylation sites (tertiary alicyclic amines) is 1. The van der Waals surface area contributed by atoms with Gasteiger partial charge in [0.1, 0.15) is 5.69 Å². The zero-order chi connectivity index (χ0) is 15.4. The molecule has 0 aromatic carbocycles. The van der Waals surface area contributed by atoms with E-state index in [1.807, 2.05) is 0 Å². The number of pyridine rings is 1. The molecule has 2 heterocycles. The zero-order valence-corrected chi connectivity index (χ0v) is 11.4. The Morgan fingerprint density at radius 2 is 2.19 bits per heavy atom. The fraction of sp³-hybridized carbons (Fsp3) is 0.385. The third-order valence-electron chi connectivity index (χ3n) is 3.21. The van der Waals surface area contributed by atoms with E-state index < -0.39 is 12.1 Å². The van der Waals surface area contributed by atoms with E-state index >= 15 is 0 Å². The number of hydrogen-bond acceptors (Lipinski definition) is 5. The summed E-state index contributed by atoms with van der Waals surface area (Å²) in [6.07, 6.45) is 1.36. The van der Waals surface area contributed by atoms with E-state index in [1.54, 1.807) is 4.90 Å². The highest BCUT2D eigenvalue weighted by atomic mass is 16.5. The molecule has 1 unspecified atom stereocenters. The van der Waals surface area contributed by atoms with E-state index in [-0.39, 0.29) is 17.6 Å². The molecule has 1 saturated heterocycles. The number of methoxy groups -OCH3 is 1. The highest BCUT2D eigenvalue weighted by Crippen LogP contribution is 2.13. The molecule has 0 bridgehead atoms. The predicted molar refractivity (Wildman–Crippen MR) is 71.0 cm³/mol. The molecule has 1 aromatic rings. The first-order valence-electron chi connectivity index (χ1n) is 6.34. The summed E-state index contributed by atoms with van der Waals surface area (Å²) in [7, 11) is 1.28. The first-order valence-corrected chi connectivity index (χ1v) is 6.34. The maximum Gasteiger partial charge on any atom is 0.407 e. The van der Waals surface area contributed by atoms with Crippen molar-refractivity contribution >= 4 is 18.0 Å². The van der Waals surface area contributed by atoms with Gasteiger partial charge in [-0.2, -0.15) is 0 Å². The highest BCUT2D eigenvalue weighted by Gasteiger charge is 2.28. The molecule has 112 valence electrons. The van der Waals surface area contributed by atoms with Crippen LogP contribution in [0.15, 0.2) is 18.3 Å². The lowest BCUT2D eigenvalue weighted by molar-refractivity contribution is 0.0688. The molecule has 0 spiro atoms. The van der Waals surface area contributed by atoms with Crippen molar-refractivity contribution < 1.29 is 24.2 Å². The van der Waals surface area contributed by atoms with Gasteiger partial charge in [0.05, 0.1) is 18.7 Å². The van der Waals surface area contributed by atoms with E-state index in [9.17, 15) is 14.4 Å². The molecule has 21 heavy (non-hydrogen) atoms. The minimum atomic E-state index is -1.14. The summed E-state index contributed by atoms with van der Waals surface area (Å²) in [5.41, 5.74) is 0.205. The number of rotatable bonds is 3. The Bertz CT molecular complexity index is 557. The largest absolute Gasteiger partial charge is 0.477 e. The number of hydrogen-bond donors (Lipinski definition) is 2. The molecule has 1 aromatic heterocycles. The van der Waals surface area contributed by atoms with Gasteiger partial charge < -0.3 is 20.1 Å². The van der Waals surface area contributed by atoms with E-state index in [2.05, 4.69) is 15.0 Å². The number of aromatic nitrogens is 1. The van der Waals surface area contributed by atoms with Crippen molar-refractivity contribution in [2.24, 2.45) is 0 Å². The molecule has 1 aliphatic heterocycles. The maximum absolute atomic E-state index is 12.2. The second-order valence-electron chi connectivity index (χ2n) is 4.61. The molecule has 2 N–H and O–H groups in total. The van der Waals surface area contributed by atoms with Crippen LogP contribution in [0.2, 0.25) is 0 Å². The smallest absolute Gasteiger partial charge is 0.407 e. The summed E-state index contributed by atoms with van der Waals surface area (Å²) >= 11 is 0. The van der Waals surface area contributed by atoms with E-state index in [0.29, 0.717) is 25.1 Å². The predicted octanol–water partition coefficient (Wildman–Crippen LogP) is 0.350. The third kappa shape index (κ3) is 3.47. The molecular formula is C13H15N3O5. The Labute approximate surface area is 120 Å². The fourth-order valence-corrected chi connectivity index (χ4v) is 2.12. The number of amides is 2. The number of carboxylic acids is 1. The van der Waals surface area contributed by atoms with Crippen LogP contribution in [0.3, 0.4) is 0 Å². The molecule has 1 atom stereocenters. The molecule has 0 aliphatic carbocycles. The fourth-order valence-electron chi connectivity index (χ4n) is 2.12. The number of carbonyl (C=O) groups is 3. The number of nitrogens with zero attached hydrogens (tertiary/aromatic N) is 2. The summed E-state index contributed by atoms with van der Waals surface area (Å²) in [6.45, 7) is 0.892. The summed E-state index contributed by atoms with van der Waals surface area (Å²) in [5, 5.41) is 11.4. The second-order valence-corrected chi connectivity index (χ2v) is 4.61. The van der Waals surface area contributed by atoms with Gasteiger partial charge in [0.2, 0.25) is 0 Å². The van der Waals surface area contributed by atoms with Crippen molar-refractivity contribution in [2.75, 3.05) is 20.2 Å². The molecule has 8 nitrogen and oxygen atoms in total. The number of aromatic carboxylic acids is 1. The lowest BCUT2D eigenvalue weighted by Crippen LogP contribution is -2.38. The molecule has 1 fully saturated rings.